The highest BCUT2D eigenvalue weighted by Gasteiger charge is 2.09. The molecule has 94 valence electrons. The Hall–Kier alpha value is -1.38. The van der Waals surface area contributed by atoms with Gasteiger partial charge in [-0.05, 0) is 54.3 Å². The fraction of sp³-hybridized carbons (Fsp3) is 0.200. The van der Waals surface area contributed by atoms with E-state index in [1.165, 1.54) is 6.07 Å². The van der Waals surface area contributed by atoms with Crippen molar-refractivity contribution in [1.82, 2.24) is 0 Å². The SMILES string of the molecule is Cc1cc(-c2ccc(Cl)cc2F)cc(C)c1CN. The van der Waals surface area contributed by atoms with E-state index in [1.54, 1.807) is 12.1 Å². The van der Waals surface area contributed by atoms with Crippen molar-refractivity contribution in [3.8, 4) is 11.1 Å². The second-order valence-electron chi connectivity index (χ2n) is 4.42. The van der Waals surface area contributed by atoms with Crippen LogP contribution in [0.2, 0.25) is 5.02 Å². The molecule has 0 fully saturated rings. The van der Waals surface area contributed by atoms with Crippen molar-refractivity contribution in [2.75, 3.05) is 0 Å². The maximum absolute atomic E-state index is 13.9. The minimum Gasteiger partial charge on any atom is -0.326 e. The summed E-state index contributed by atoms with van der Waals surface area (Å²) in [7, 11) is 0. The van der Waals surface area contributed by atoms with E-state index in [-0.39, 0.29) is 5.82 Å². The zero-order chi connectivity index (χ0) is 13.3. The van der Waals surface area contributed by atoms with E-state index in [1.807, 2.05) is 26.0 Å². The molecule has 2 N–H and O–H groups in total. The average molecular weight is 264 g/mol. The summed E-state index contributed by atoms with van der Waals surface area (Å²) >= 11 is 5.76. The Balaban J connectivity index is 2.58. The number of nitrogens with two attached hydrogens (primary N) is 1. The first kappa shape index (κ1) is 13.1. The zero-order valence-electron chi connectivity index (χ0n) is 10.4. The van der Waals surface area contributed by atoms with Gasteiger partial charge in [0.1, 0.15) is 5.82 Å². The van der Waals surface area contributed by atoms with Gasteiger partial charge >= 0.3 is 0 Å². The number of hydrogen-bond acceptors (Lipinski definition) is 1. The van der Waals surface area contributed by atoms with E-state index >= 15 is 0 Å². The summed E-state index contributed by atoms with van der Waals surface area (Å²) in [5, 5.41) is 0.406. The Kier molecular flexibility index (Phi) is 3.69. The van der Waals surface area contributed by atoms with E-state index in [0.29, 0.717) is 17.1 Å². The molecule has 2 aromatic rings. The Morgan fingerprint density at radius 3 is 2.22 bits per heavy atom. The van der Waals surface area contributed by atoms with Crippen molar-refractivity contribution in [3.63, 3.8) is 0 Å². The van der Waals surface area contributed by atoms with Gasteiger partial charge in [0.2, 0.25) is 0 Å². The minimum absolute atomic E-state index is 0.304. The highest BCUT2D eigenvalue weighted by Crippen LogP contribution is 2.28. The van der Waals surface area contributed by atoms with Gasteiger partial charge in [-0.1, -0.05) is 23.7 Å². The third-order valence-electron chi connectivity index (χ3n) is 3.14. The lowest BCUT2D eigenvalue weighted by Gasteiger charge is -2.12. The van der Waals surface area contributed by atoms with Crippen molar-refractivity contribution < 1.29 is 4.39 Å². The van der Waals surface area contributed by atoms with Crippen molar-refractivity contribution in [1.29, 1.82) is 0 Å². The fourth-order valence-electron chi connectivity index (χ4n) is 2.19. The first-order valence-corrected chi connectivity index (χ1v) is 6.16. The number of hydrogen-bond donors (Lipinski definition) is 1. The molecule has 0 saturated heterocycles. The molecule has 0 spiro atoms. The third-order valence-corrected chi connectivity index (χ3v) is 3.38. The maximum atomic E-state index is 13.9. The molecule has 1 nitrogen and oxygen atoms in total. The lowest BCUT2D eigenvalue weighted by molar-refractivity contribution is 0.631. The molecule has 0 aliphatic heterocycles. The molecule has 2 rings (SSSR count). The molecule has 0 aliphatic rings. The third kappa shape index (κ3) is 2.40. The summed E-state index contributed by atoms with van der Waals surface area (Å²) in [5.41, 5.74) is 10.4. The number of rotatable bonds is 2. The van der Waals surface area contributed by atoms with Crippen LogP contribution in [0.25, 0.3) is 11.1 Å². The van der Waals surface area contributed by atoms with Crippen LogP contribution in [0, 0.1) is 19.7 Å². The van der Waals surface area contributed by atoms with Gasteiger partial charge in [-0.2, -0.15) is 0 Å². The zero-order valence-corrected chi connectivity index (χ0v) is 11.2. The van der Waals surface area contributed by atoms with E-state index in [9.17, 15) is 4.39 Å². The van der Waals surface area contributed by atoms with Crippen LogP contribution in [0.5, 0.6) is 0 Å². The smallest absolute Gasteiger partial charge is 0.132 e. The molecular weight excluding hydrogens is 249 g/mol. The molecule has 0 atom stereocenters. The molecule has 0 aliphatic carbocycles. The molecule has 0 bridgehead atoms. The molecule has 0 radical (unpaired) electrons. The van der Waals surface area contributed by atoms with E-state index in [0.717, 1.165) is 22.3 Å². The second-order valence-corrected chi connectivity index (χ2v) is 4.85. The van der Waals surface area contributed by atoms with Crippen molar-refractivity contribution >= 4 is 11.6 Å². The lowest BCUT2D eigenvalue weighted by Crippen LogP contribution is -2.02. The van der Waals surface area contributed by atoms with Crippen molar-refractivity contribution in [3.05, 3.63) is 57.9 Å². The monoisotopic (exact) mass is 263 g/mol. The van der Waals surface area contributed by atoms with Crippen molar-refractivity contribution in [2.24, 2.45) is 5.73 Å². The van der Waals surface area contributed by atoms with Crippen LogP contribution in [-0.4, -0.2) is 0 Å². The Labute approximate surface area is 111 Å². The molecule has 0 unspecified atom stereocenters. The minimum atomic E-state index is -0.304. The quantitative estimate of drug-likeness (QED) is 0.862. The molecule has 0 amide bonds. The summed E-state index contributed by atoms with van der Waals surface area (Å²) in [4.78, 5) is 0. The number of aryl methyl sites for hydroxylation is 2. The molecule has 0 saturated carbocycles. The van der Waals surface area contributed by atoms with Gasteiger partial charge in [-0.15, -0.1) is 0 Å². The van der Waals surface area contributed by atoms with Crippen LogP contribution < -0.4 is 5.73 Å². The summed E-state index contributed by atoms with van der Waals surface area (Å²) in [6.45, 7) is 4.49. The highest BCUT2D eigenvalue weighted by atomic mass is 35.5. The Morgan fingerprint density at radius 1 is 1.11 bits per heavy atom. The first-order valence-electron chi connectivity index (χ1n) is 5.78. The van der Waals surface area contributed by atoms with E-state index in [2.05, 4.69) is 0 Å². The lowest BCUT2D eigenvalue weighted by atomic mass is 9.95. The van der Waals surface area contributed by atoms with Crippen LogP contribution in [0.1, 0.15) is 16.7 Å². The van der Waals surface area contributed by atoms with Gasteiger partial charge in [0.05, 0.1) is 0 Å². The molecular formula is C15H15ClFN. The fourth-order valence-corrected chi connectivity index (χ4v) is 2.35. The standard InChI is InChI=1S/C15H15ClFN/c1-9-5-11(6-10(2)14(9)8-18)13-4-3-12(16)7-15(13)17/h3-7H,8,18H2,1-2H3. The summed E-state index contributed by atoms with van der Waals surface area (Å²) < 4.78 is 13.9. The van der Waals surface area contributed by atoms with Gasteiger partial charge in [0.25, 0.3) is 0 Å². The van der Waals surface area contributed by atoms with Gasteiger partial charge in [-0.25, -0.2) is 4.39 Å². The molecule has 0 heterocycles. The summed E-state index contributed by atoms with van der Waals surface area (Å²) in [6, 6.07) is 8.65. The number of benzene rings is 2. The van der Waals surface area contributed by atoms with Crippen LogP contribution in [0.4, 0.5) is 4.39 Å². The topological polar surface area (TPSA) is 26.0 Å². The Bertz CT molecular complexity index is 570. The van der Waals surface area contributed by atoms with E-state index < -0.39 is 0 Å². The first-order chi connectivity index (χ1) is 8.52. The predicted octanol–water partition coefficient (Wildman–Crippen LogP) is 4.22. The largest absolute Gasteiger partial charge is 0.326 e. The molecule has 18 heavy (non-hydrogen) atoms. The average Bonchev–Trinajstić information content (AvgIpc) is 2.28. The summed E-state index contributed by atoms with van der Waals surface area (Å²) in [5.74, 6) is -0.304. The highest BCUT2D eigenvalue weighted by molar-refractivity contribution is 6.30. The molecule has 0 aromatic heterocycles. The Morgan fingerprint density at radius 2 is 1.72 bits per heavy atom. The second kappa shape index (κ2) is 5.09. The summed E-state index contributed by atoms with van der Waals surface area (Å²) in [6.07, 6.45) is 0. The molecule has 2 aromatic carbocycles. The predicted molar refractivity (Wildman–Crippen MR) is 74.2 cm³/mol. The van der Waals surface area contributed by atoms with Crippen LogP contribution in [-0.2, 0) is 6.54 Å². The van der Waals surface area contributed by atoms with Crippen LogP contribution >= 0.6 is 11.6 Å². The normalized spacial score (nSPS) is 10.7. The van der Waals surface area contributed by atoms with E-state index in [4.69, 9.17) is 17.3 Å². The van der Waals surface area contributed by atoms with Gasteiger partial charge < -0.3 is 5.73 Å². The van der Waals surface area contributed by atoms with Crippen molar-refractivity contribution in [2.45, 2.75) is 20.4 Å². The van der Waals surface area contributed by atoms with Gasteiger partial charge in [0, 0.05) is 17.1 Å². The number of halogens is 2. The van der Waals surface area contributed by atoms with Crippen LogP contribution in [0.15, 0.2) is 30.3 Å². The maximum Gasteiger partial charge on any atom is 0.132 e. The molecule has 3 heteroatoms. The van der Waals surface area contributed by atoms with Gasteiger partial charge in [-0.3, -0.25) is 0 Å². The van der Waals surface area contributed by atoms with Crippen LogP contribution in [0.3, 0.4) is 0 Å². The van der Waals surface area contributed by atoms with Gasteiger partial charge in [0.15, 0.2) is 0 Å².